The largest absolute Gasteiger partial charge is 0.469 e. The van der Waals surface area contributed by atoms with Crippen LogP contribution in [0.3, 0.4) is 0 Å². The summed E-state index contributed by atoms with van der Waals surface area (Å²) in [5.74, 6) is 1.51. The average Bonchev–Trinajstić information content (AvgIpc) is 2.25. The van der Waals surface area contributed by atoms with Crippen LogP contribution in [-0.2, 0) is 9.53 Å². The van der Waals surface area contributed by atoms with Crippen molar-refractivity contribution in [2.75, 3.05) is 7.11 Å². The minimum Gasteiger partial charge on any atom is -0.469 e. The molecule has 0 amide bonds. The van der Waals surface area contributed by atoms with E-state index in [0.29, 0.717) is 11.8 Å². The summed E-state index contributed by atoms with van der Waals surface area (Å²) >= 11 is 0. The zero-order chi connectivity index (χ0) is 11.1. The maximum absolute atomic E-state index is 11.1. The Morgan fingerprint density at radius 3 is 2.87 bits per heavy atom. The SMILES string of the molecule is COC(=O)CCC1=CCC2CC1C2(C)C. The van der Waals surface area contributed by atoms with E-state index in [1.165, 1.54) is 25.5 Å². The molecule has 0 radical (unpaired) electrons. The molecule has 3 aliphatic rings. The zero-order valence-corrected chi connectivity index (χ0v) is 9.88. The van der Waals surface area contributed by atoms with E-state index in [1.807, 2.05) is 0 Å². The molecule has 2 bridgehead atoms. The summed E-state index contributed by atoms with van der Waals surface area (Å²) in [6, 6.07) is 0. The van der Waals surface area contributed by atoms with Crippen molar-refractivity contribution in [2.45, 2.75) is 39.5 Å². The van der Waals surface area contributed by atoms with E-state index >= 15 is 0 Å². The molecule has 2 nitrogen and oxygen atoms in total. The van der Waals surface area contributed by atoms with Crippen LogP contribution in [0.4, 0.5) is 0 Å². The zero-order valence-electron chi connectivity index (χ0n) is 9.88. The molecule has 1 saturated carbocycles. The standard InChI is InChI=1S/C13H20O2/c1-13(2)10-6-4-9(11(13)8-10)5-7-12(14)15-3/h4,10-11H,5-8H2,1-3H3. The second-order valence-electron chi connectivity index (χ2n) is 5.40. The number of carbonyl (C=O) groups is 1. The highest BCUT2D eigenvalue weighted by atomic mass is 16.5. The maximum atomic E-state index is 11.1. The highest BCUT2D eigenvalue weighted by molar-refractivity contribution is 5.69. The summed E-state index contributed by atoms with van der Waals surface area (Å²) in [5.41, 5.74) is 1.97. The van der Waals surface area contributed by atoms with Crippen LogP contribution < -0.4 is 0 Å². The molecule has 0 spiro atoms. The summed E-state index contributed by atoms with van der Waals surface area (Å²) in [5, 5.41) is 0. The summed E-state index contributed by atoms with van der Waals surface area (Å²) in [6.45, 7) is 4.72. The van der Waals surface area contributed by atoms with Crippen molar-refractivity contribution in [3.8, 4) is 0 Å². The first-order valence-electron chi connectivity index (χ1n) is 5.81. The monoisotopic (exact) mass is 208 g/mol. The Bertz CT molecular complexity index is 302. The molecule has 2 unspecified atom stereocenters. The Hall–Kier alpha value is -0.790. The van der Waals surface area contributed by atoms with Crippen LogP contribution in [0.5, 0.6) is 0 Å². The van der Waals surface area contributed by atoms with Gasteiger partial charge in [-0.25, -0.2) is 0 Å². The molecule has 2 atom stereocenters. The summed E-state index contributed by atoms with van der Waals surface area (Å²) in [6.07, 6.45) is 6.33. The quantitative estimate of drug-likeness (QED) is 0.526. The number of fused-ring (bicyclic) bond motifs is 1. The summed E-state index contributed by atoms with van der Waals surface area (Å²) in [4.78, 5) is 11.1. The second kappa shape index (κ2) is 3.66. The molecule has 84 valence electrons. The van der Waals surface area contributed by atoms with Crippen LogP contribution in [0, 0.1) is 17.3 Å². The van der Waals surface area contributed by atoms with Gasteiger partial charge in [0.1, 0.15) is 0 Å². The third kappa shape index (κ3) is 1.70. The maximum Gasteiger partial charge on any atom is 0.305 e. The first-order chi connectivity index (χ1) is 7.05. The number of allylic oxidation sites excluding steroid dienone is 2. The highest BCUT2D eigenvalue weighted by Crippen LogP contribution is 2.59. The fraction of sp³-hybridized carbons (Fsp3) is 0.769. The van der Waals surface area contributed by atoms with Gasteiger partial charge in [-0.15, -0.1) is 0 Å². The van der Waals surface area contributed by atoms with E-state index < -0.39 is 0 Å². The van der Waals surface area contributed by atoms with Crippen LogP contribution in [0.15, 0.2) is 11.6 Å². The Balaban J connectivity index is 1.94. The van der Waals surface area contributed by atoms with Crippen LogP contribution in [0.2, 0.25) is 0 Å². The number of hydrogen-bond donors (Lipinski definition) is 0. The highest BCUT2D eigenvalue weighted by Gasteiger charge is 2.50. The number of esters is 1. The van der Waals surface area contributed by atoms with Gasteiger partial charge in [-0.05, 0) is 36.5 Å². The minimum absolute atomic E-state index is 0.0878. The molecule has 0 aromatic rings. The van der Waals surface area contributed by atoms with E-state index in [1.54, 1.807) is 0 Å². The van der Waals surface area contributed by atoms with Crippen LogP contribution in [-0.4, -0.2) is 13.1 Å². The van der Waals surface area contributed by atoms with Crippen molar-refractivity contribution in [3.05, 3.63) is 11.6 Å². The third-order valence-corrected chi connectivity index (χ3v) is 4.43. The van der Waals surface area contributed by atoms with Gasteiger partial charge in [0, 0.05) is 6.42 Å². The molecule has 0 aliphatic heterocycles. The van der Waals surface area contributed by atoms with E-state index in [4.69, 9.17) is 0 Å². The van der Waals surface area contributed by atoms with Gasteiger partial charge in [0.25, 0.3) is 0 Å². The van der Waals surface area contributed by atoms with E-state index in [-0.39, 0.29) is 5.97 Å². The first-order valence-corrected chi connectivity index (χ1v) is 5.81. The lowest BCUT2D eigenvalue weighted by molar-refractivity contribution is -0.140. The van der Waals surface area contributed by atoms with Gasteiger partial charge < -0.3 is 4.74 Å². The van der Waals surface area contributed by atoms with Gasteiger partial charge in [0.05, 0.1) is 7.11 Å². The lowest BCUT2D eigenvalue weighted by atomic mass is 9.48. The van der Waals surface area contributed by atoms with E-state index in [9.17, 15) is 4.79 Å². The molecule has 0 aromatic carbocycles. The predicted molar refractivity (Wildman–Crippen MR) is 59.3 cm³/mol. The van der Waals surface area contributed by atoms with Crippen molar-refractivity contribution in [1.82, 2.24) is 0 Å². The number of hydrogen-bond acceptors (Lipinski definition) is 2. The summed E-state index contributed by atoms with van der Waals surface area (Å²) in [7, 11) is 1.46. The molecular weight excluding hydrogens is 188 g/mol. The smallest absolute Gasteiger partial charge is 0.305 e. The van der Waals surface area contributed by atoms with E-state index in [0.717, 1.165) is 18.3 Å². The number of ether oxygens (including phenoxy) is 1. The lowest BCUT2D eigenvalue weighted by Gasteiger charge is -2.56. The molecule has 0 saturated heterocycles. The van der Waals surface area contributed by atoms with Crippen molar-refractivity contribution >= 4 is 5.97 Å². The van der Waals surface area contributed by atoms with Gasteiger partial charge in [-0.3, -0.25) is 4.79 Å². The topological polar surface area (TPSA) is 26.3 Å². The summed E-state index contributed by atoms with van der Waals surface area (Å²) < 4.78 is 4.68. The molecule has 2 heteroatoms. The Morgan fingerprint density at radius 2 is 2.33 bits per heavy atom. The fourth-order valence-corrected chi connectivity index (χ4v) is 3.11. The lowest BCUT2D eigenvalue weighted by Crippen LogP contribution is -2.48. The second-order valence-corrected chi connectivity index (χ2v) is 5.40. The van der Waals surface area contributed by atoms with Crippen molar-refractivity contribution in [2.24, 2.45) is 17.3 Å². The molecule has 3 aliphatic carbocycles. The van der Waals surface area contributed by atoms with Crippen LogP contribution >= 0.6 is 0 Å². The van der Waals surface area contributed by atoms with Crippen LogP contribution in [0.1, 0.15) is 39.5 Å². The fourth-order valence-electron chi connectivity index (χ4n) is 3.11. The van der Waals surface area contributed by atoms with Gasteiger partial charge in [0.15, 0.2) is 0 Å². The van der Waals surface area contributed by atoms with Gasteiger partial charge in [-0.1, -0.05) is 25.5 Å². The van der Waals surface area contributed by atoms with Crippen molar-refractivity contribution < 1.29 is 9.53 Å². The first kappa shape index (κ1) is 10.7. The predicted octanol–water partition coefficient (Wildman–Crippen LogP) is 2.93. The molecule has 0 heterocycles. The van der Waals surface area contributed by atoms with Crippen LogP contribution in [0.25, 0.3) is 0 Å². The van der Waals surface area contributed by atoms with Gasteiger partial charge >= 0.3 is 5.97 Å². The van der Waals surface area contributed by atoms with Gasteiger partial charge in [0.2, 0.25) is 0 Å². The third-order valence-electron chi connectivity index (χ3n) is 4.43. The number of carbonyl (C=O) groups excluding carboxylic acids is 1. The molecular formula is C13H20O2. The number of rotatable bonds is 3. The number of methoxy groups -OCH3 is 1. The van der Waals surface area contributed by atoms with Gasteiger partial charge in [-0.2, -0.15) is 0 Å². The Morgan fingerprint density at radius 1 is 1.60 bits per heavy atom. The molecule has 15 heavy (non-hydrogen) atoms. The molecule has 0 N–H and O–H groups in total. The molecule has 3 rings (SSSR count). The molecule has 1 fully saturated rings. The Kier molecular flexibility index (Phi) is 2.61. The molecule has 0 aromatic heterocycles. The van der Waals surface area contributed by atoms with Crippen molar-refractivity contribution in [1.29, 1.82) is 0 Å². The van der Waals surface area contributed by atoms with E-state index in [2.05, 4.69) is 24.7 Å². The Labute approximate surface area is 91.7 Å². The average molecular weight is 208 g/mol. The minimum atomic E-state index is -0.0878. The normalized spacial score (nSPS) is 31.5. The van der Waals surface area contributed by atoms with Crippen molar-refractivity contribution in [3.63, 3.8) is 0 Å².